The Kier molecular flexibility index (Phi) is 4.07. The molecule has 15 heavy (non-hydrogen) atoms. The van der Waals surface area contributed by atoms with Gasteiger partial charge < -0.3 is 19.5 Å². The molecule has 0 aromatic heterocycles. The van der Waals surface area contributed by atoms with Crippen molar-refractivity contribution >= 4 is 5.91 Å². The second kappa shape index (κ2) is 4.92. The molecule has 0 aromatic rings. The van der Waals surface area contributed by atoms with E-state index in [1.807, 2.05) is 13.8 Å². The molecule has 0 aromatic carbocycles. The Morgan fingerprint density at radius 1 is 1.67 bits per heavy atom. The summed E-state index contributed by atoms with van der Waals surface area (Å²) in [7, 11) is 1.50. The summed E-state index contributed by atoms with van der Waals surface area (Å²) in [5, 5.41) is 2.74. The average Bonchev–Trinajstić information content (AvgIpc) is 2.53. The molecule has 1 aliphatic heterocycles. The van der Waals surface area contributed by atoms with E-state index in [-0.39, 0.29) is 12.0 Å². The van der Waals surface area contributed by atoms with Crippen LogP contribution in [-0.2, 0) is 19.0 Å². The second-order valence-corrected chi connectivity index (χ2v) is 4.07. The van der Waals surface area contributed by atoms with Crippen LogP contribution in [0.5, 0.6) is 0 Å². The minimum atomic E-state index is -0.539. The summed E-state index contributed by atoms with van der Waals surface area (Å²) in [6.45, 7) is 6.37. The maximum atomic E-state index is 11.4. The highest BCUT2D eigenvalue weighted by Crippen LogP contribution is 2.21. The largest absolute Gasteiger partial charge is 0.372 e. The van der Waals surface area contributed by atoms with Crippen molar-refractivity contribution in [2.24, 2.45) is 0 Å². The van der Waals surface area contributed by atoms with Crippen LogP contribution in [0, 0.1) is 0 Å². The first-order valence-corrected chi connectivity index (χ1v) is 5.07. The van der Waals surface area contributed by atoms with Gasteiger partial charge in [-0.25, -0.2) is 0 Å². The van der Waals surface area contributed by atoms with Crippen LogP contribution < -0.4 is 5.32 Å². The number of hydrogen-bond donors (Lipinski definition) is 1. The highest BCUT2D eigenvalue weighted by atomic mass is 16.7. The van der Waals surface area contributed by atoms with Crippen LogP contribution in [0.15, 0.2) is 0 Å². The van der Waals surface area contributed by atoms with Gasteiger partial charge in [-0.2, -0.15) is 0 Å². The molecule has 1 rings (SSSR count). The highest BCUT2D eigenvalue weighted by molar-refractivity contribution is 5.80. The third-order valence-electron chi connectivity index (χ3n) is 2.29. The van der Waals surface area contributed by atoms with E-state index in [4.69, 9.17) is 14.2 Å². The zero-order chi connectivity index (χ0) is 11.5. The van der Waals surface area contributed by atoms with Crippen molar-refractivity contribution in [3.05, 3.63) is 0 Å². The summed E-state index contributed by atoms with van der Waals surface area (Å²) in [5.41, 5.74) is 0. The van der Waals surface area contributed by atoms with Crippen LogP contribution in [-0.4, -0.2) is 44.2 Å². The lowest BCUT2D eigenvalue weighted by atomic mass is 10.3. The lowest BCUT2D eigenvalue weighted by molar-refractivity contribution is -0.141. The number of hydrogen-bond acceptors (Lipinski definition) is 4. The van der Waals surface area contributed by atoms with Crippen molar-refractivity contribution in [3.63, 3.8) is 0 Å². The quantitative estimate of drug-likeness (QED) is 0.735. The van der Waals surface area contributed by atoms with Gasteiger partial charge in [-0.05, 0) is 20.8 Å². The lowest BCUT2D eigenvalue weighted by Crippen LogP contribution is -2.39. The summed E-state index contributed by atoms with van der Waals surface area (Å²) >= 11 is 0. The lowest BCUT2D eigenvalue weighted by Gasteiger charge is -2.17. The van der Waals surface area contributed by atoms with Crippen LogP contribution >= 0.6 is 0 Å². The van der Waals surface area contributed by atoms with Gasteiger partial charge in [0.2, 0.25) is 5.91 Å². The van der Waals surface area contributed by atoms with Gasteiger partial charge in [0.1, 0.15) is 12.2 Å². The first-order chi connectivity index (χ1) is 6.94. The standard InChI is InChI=1S/C10H19NO4/c1-7(13-4)9(12)11-5-8-6-14-10(2,3)15-8/h7-8H,5-6H2,1-4H3,(H,11,12). The van der Waals surface area contributed by atoms with E-state index < -0.39 is 11.9 Å². The second-order valence-electron chi connectivity index (χ2n) is 4.07. The Bertz CT molecular complexity index is 229. The van der Waals surface area contributed by atoms with Crippen LogP contribution in [0.1, 0.15) is 20.8 Å². The van der Waals surface area contributed by atoms with Crippen LogP contribution in [0.3, 0.4) is 0 Å². The summed E-state index contributed by atoms with van der Waals surface area (Å²) < 4.78 is 15.8. The topological polar surface area (TPSA) is 56.8 Å². The SMILES string of the molecule is COC(C)C(=O)NCC1COC(C)(C)O1. The van der Waals surface area contributed by atoms with Crippen molar-refractivity contribution in [2.75, 3.05) is 20.3 Å². The molecule has 0 aliphatic carbocycles. The summed E-state index contributed by atoms with van der Waals surface area (Å²) in [6, 6.07) is 0. The Morgan fingerprint density at radius 2 is 2.33 bits per heavy atom. The van der Waals surface area contributed by atoms with Gasteiger partial charge in [0.15, 0.2) is 5.79 Å². The van der Waals surface area contributed by atoms with E-state index in [0.29, 0.717) is 13.2 Å². The first-order valence-electron chi connectivity index (χ1n) is 5.07. The third kappa shape index (κ3) is 3.77. The van der Waals surface area contributed by atoms with Crippen LogP contribution in [0.4, 0.5) is 0 Å². The van der Waals surface area contributed by atoms with Crippen molar-refractivity contribution in [1.29, 1.82) is 0 Å². The van der Waals surface area contributed by atoms with Gasteiger partial charge in [-0.15, -0.1) is 0 Å². The third-order valence-corrected chi connectivity index (χ3v) is 2.29. The van der Waals surface area contributed by atoms with Gasteiger partial charge in [-0.1, -0.05) is 0 Å². The maximum absolute atomic E-state index is 11.4. The minimum Gasteiger partial charge on any atom is -0.372 e. The van der Waals surface area contributed by atoms with Crippen LogP contribution in [0.25, 0.3) is 0 Å². The van der Waals surface area contributed by atoms with E-state index in [1.165, 1.54) is 7.11 Å². The van der Waals surface area contributed by atoms with Crippen molar-refractivity contribution in [2.45, 2.75) is 38.8 Å². The first kappa shape index (κ1) is 12.4. The molecule has 0 radical (unpaired) electrons. The zero-order valence-electron chi connectivity index (χ0n) is 9.70. The number of carbonyl (C=O) groups is 1. The smallest absolute Gasteiger partial charge is 0.248 e. The van der Waals surface area contributed by atoms with E-state index in [0.717, 1.165) is 0 Å². The Labute approximate surface area is 90.1 Å². The predicted octanol–water partition coefficient (Wildman–Crippen LogP) is 0.289. The molecule has 5 heteroatoms. The number of amides is 1. The molecule has 88 valence electrons. The van der Waals surface area contributed by atoms with E-state index >= 15 is 0 Å². The Morgan fingerprint density at radius 3 is 2.80 bits per heavy atom. The number of ether oxygens (including phenoxy) is 3. The average molecular weight is 217 g/mol. The number of rotatable bonds is 4. The molecule has 1 aliphatic rings. The van der Waals surface area contributed by atoms with Crippen molar-refractivity contribution in [1.82, 2.24) is 5.32 Å². The fraction of sp³-hybridized carbons (Fsp3) is 0.900. The summed E-state index contributed by atoms with van der Waals surface area (Å²) in [6.07, 6.45) is -0.506. The van der Waals surface area contributed by atoms with Gasteiger partial charge in [0.05, 0.1) is 6.61 Å². The fourth-order valence-corrected chi connectivity index (χ4v) is 1.33. The van der Waals surface area contributed by atoms with Crippen LogP contribution in [0.2, 0.25) is 0 Å². The predicted molar refractivity (Wildman–Crippen MR) is 54.4 cm³/mol. The number of methoxy groups -OCH3 is 1. The zero-order valence-corrected chi connectivity index (χ0v) is 9.70. The van der Waals surface area contributed by atoms with Crippen molar-refractivity contribution in [3.8, 4) is 0 Å². The maximum Gasteiger partial charge on any atom is 0.248 e. The van der Waals surface area contributed by atoms with E-state index in [1.54, 1.807) is 6.92 Å². The van der Waals surface area contributed by atoms with Gasteiger partial charge in [0, 0.05) is 13.7 Å². The molecular formula is C10H19NO4. The molecule has 0 spiro atoms. The molecule has 1 amide bonds. The summed E-state index contributed by atoms with van der Waals surface area (Å²) in [5.74, 6) is -0.673. The van der Waals surface area contributed by atoms with E-state index in [2.05, 4.69) is 5.32 Å². The molecule has 2 unspecified atom stereocenters. The normalized spacial score (nSPS) is 26.3. The molecule has 1 N–H and O–H groups in total. The molecule has 0 bridgehead atoms. The summed E-state index contributed by atoms with van der Waals surface area (Å²) in [4.78, 5) is 11.4. The number of nitrogens with one attached hydrogen (secondary N) is 1. The molecule has 1 heterocycles. The molecular weight excluding hydrogens is 198 g/mol. The molecule has 1 fully saturated rings. The molecule has 5 nitrogen and oxygen atoms in total. The van der Waals surface area contributed by atoms with Gasteiger partial charge >= 0.3 is 0 Å². The highest BCUT2D eigenvalue weighted by Gasteiger charge is 2.32. The fourth-order valence-electron chi connectivity index (χ4n) is 1.33. The monoisotopic (exact) mass is 217 g/mol. The number of carbonyl (C=O) groups excluding carboxylic acids is 1. The van der Waals surface area contributed by atoms with Crippen molar-refractivity contribution < 1.29 is 19.0 Å². The molecule has 0 saturated carbocycles. The molecule has 2 atom stereocenters. The van der Waals surface area contributed by atoms with Gasteiger partial charge in [-0.3, -0.25) is 4.79 Å². The minimum absolute atomic E-state index is 0.0759. The Hall–Kier alpha value is -0.650. The van der Waals surface area contributed by atoms with Gasteiger partial charge in [0.25, 0.3) is 0 Å². The molecule has 1 saturated heterocycles. The Balaban J connectivity index is 2.24. The van der Waals surface area contributed by atoms with E-state index in [9.17, 15) is 4.79 Å².